The summed E-state index contributed by atoms with van der Waals surface area (Å²) < 4.78 is 0. The van der Waals surface area contributed by atoms with Crippen molar-refractivity contribution in [3.8, 4) is 5.75 Å². The molecule has 3 N–H and O–H groups in total. The van der Waals surface area contributed by atoms with E-state index >= 15 is 0 Å². The van der Waals surface area contributed by atoms with Crippen LogP contribution in [0.2, 0.25) is 0 Å². The fourth-order valence-electron chi connectivity index (χ4n) is 1.98. The summed E-state index contributed by atoms with van der Waals surface area (Å²) in [6.07, 6.45) is 0. The van der Waals surface area contributed by atoms with Gasteiger partial charge in [0.15, 0.2) is 0 Å². The van der Waals surface area contributed by atoms with Crippen molar-refractivity contribution in [2.75, 3.05) is 30.4 Å². The molecule has 4 nitrogen and oxygen atoms in total. The number of phenols is 1. The van der Waals surface area contributed by atoms with Crippen LogP contribution in [-0.2, 0) is 6.54 Å². The molecule has 4 heteroatoms. The first-order valence-corrected chi connectivity index (χ1v) is 6.63. The van der Waals surface area contributed by atoms with Crippen LogP contribution in [0.3, 0.4) is 0 Å². The molecule has 0 aliphatic rings. The first-order chi connectivity index (χ1) is 9.69. The number of anilines is 2. The summed E-state index contributed by atoms with van der Waals surface area (Å²) in [7, 11) is 1.95. The molecule has 20 heavy (non-hydrogen) atoms. The molecule has 0 saturated heterocycles. The van der Waals surface area contributed by atoms with Crippen molar-refractivity contribution in [3.05, 3.63) is 54.1 Å². The van der Waals surface area contributed by atoms with Crippen molar-refractivity contribution in [2.45, 2.75) is 6.54 Å². The van der Waals surface area contributed by atoms with Crippen LogP contribution < -0.4 is 10.2 Å². The molecule has 0 atom stereocenters. The van der Waals surface area contributed by atoms with Gasteiger partial charge >= 0.3 is 0 Å². The molecule has 106 valence electrons. The number of nitrogens with one attached hydrogen (secondary N) is 1. The summed E-state index contributed by atoms with van der Waals surface area (Å²) in [4.78, 5) is 2.00. The minimum absolute atomic E-state index is 0.147. The van der Waals surface area contributed by atoms with E-state index in [1.807, 2.05) is 48.3 Å². The quantitative estimate of drug-likeness (QED) is 0.756. The fourth-order valence-corrected chi connectivity index (χ4v) is 1.98. The van der Waals surface area contributed by atoms with Crippen LogP contribution in [0.15, 0.2) is 48.5 Å². The van der Waals surface area contributed by atoms with Gasteiger partial charge in [0.05, 0.1) is 6.61 Å². The number of rotatable bonds is 6. The Hall–Kier alpha value is -2.20. The molecule has 0 bridgehead atoms. The average Bonchev–Trinajstić information content (AvgIpc) is 2.46. The van der Waals surface area contributed by atoms with Crippen LogP contribution in [0.1, 0.15) is 5.56 Å². The zero-order chi connectivity index (χ0) is 14.4. The van der Waals surface area contributed by atoms with E-state index in [0.717, 1.165) is 16.9 Å². The predicted molar refractivity (Wildman–Crippen MR) is 82.2 cm³/mol. The first-order valence-electron chi connectivity index (χ1n) is 6.63. The van der Waals surface area contributed by atoms with E-state index in [0.29, 0.717) is 13.1 Å². The molecule has 0 heterocycles. The van der Waals surface area contributed by atoms with Gasteiger partial charge in [0, 0.05) is 31.5 Å². The number of nitrogens with zero attached hydrogens (tertiary/aromatic N) is 1. The molecule has 0 saturated carbocycles. The maximum Gasteiger partial charge on any atom is 0.115 e. The average molecular weight is 272 g/mol. The molecule has 2 aromatic carbocycles. The van der Waals surface area contributed by atoms with Gasteiger partial charge in [0.25, 0.3) is 0 Å². The third-order valence-corrected chi connectivity index (χ3v) is 3.15. The van der Waals surface area contributed by atoms with Crippen LogP contribution in [-0.4, -0.2) is 30.4 Å². The number of hydrogen-bond acceptors (Lipinski definition) is 4. The Kier molecular flexibility index (Phi) is 4.85. The van der Waals surface area contributed by atoms with E-state index < -0.39 is 0 Å². The van der Waals surface area contributed by atoms with Crippen LogP contribution in [0.25, 0.3) is 0 Å². The zero-order valence-corrected chi connectivity index (χ0v) is 11.6. The van der Waals surface area contributed by atoms with E-state index in [4.69, 9.17) is 5.11 Å². The van der Waals surface area contributed by atoms with Crippen LogP contribution >= 0.6 is 0 Å². The molecule has 0 aliphatic carbocycles. The normalized spacial score (nSPS) is 10.3. The minimum atomic E-state index is 0.147. The molecule has 0 amide bonds. The molecular weight excluding hydrogens is 252 g/mol. The number of phenolic OH excluding ortho intramolecular Hbond substituents is 1. The summed E-state index contributed by atoms with van der Waals surface area (Å²) in [5.74, 6) is 0.283. The largest absolute Gasteiger partial charge is 0.508 e. The van der Waals surface area contributed by atoms with Crippen molar-refractivity contribution in [1.82, 2.24) is 0 Å². The van der Waals surface area contributed by atoms with E-state index in [1.165, 1.54) is 0 Å². The number of benzene rings is 2. The topological polar surface area (TPSA) is 55.7 Å². The molecule has 0 fully saturated rings. The highest BCUT2D eigenvalue weighted by molar-refractivity contribution is 5.55. The second-order valence-corrected chi connectivity index (χ2v) is 4.72. The van der Waals surface area contributed by atoms with E-state index in [1.54, 1.807) is 12.1 Å². The number of likely N-dealkylation sites (N-methyl/N-ethyl adjacent to an activating group) is 1. The van der Waals surface area contributed by atoms with E-state index in [2.05, 4.69) is 5.32 Å². The number of aliphatic hydroxyl groups is 1. The van der Waals surface area contributed by atoms with Gasteiger partial charge in [-0.1, -0.05) is 12.1 Å². The number of aromatic hydroxyl groups is 1. The van der Waals surface area contributed by atoms with Gasteiger partial charge in [-0.2, -0.15) is 0 Å². The standard InChI is InChI=1S/C16H20N2O2/c1-18(9-10-19)15-7-5-14(6-8-15)17-12-13-3-2-4-16(20)11-13/h2-8,11,17,19-20H,9-10,12H2,1H3. The highest BCUT2D eigenvalue weighted by Crippen LogP contribution is 2.18. The van der Waals surface area contributed by atoms with Gasteiger partial charge in [0.1, 0.15) is 5.75 Å². The van der Waals surface area contributed by atoms with Crippen LogP contribution in [0, 0.1) is 0 Å². The number of hydrogen-bond donors (Lipinski definition) is 3. The van der Waals surface area contributed by atoms with Gasteiger partial charge in [0.2, 0.25) is 0 Å². The SMILES string of the molecule is CN(CCO)c1ccc(NCc2cccc(O)c2)cc1. The third kappa shape index (κ3) is 3.90. The zero-order valence-electron chi connectivity index (χ0n) is 11.6. The molecule has 2 aromatic rings. The van der Waals surface area contributed by atoms with Crippen molar-refractivity contribution >= 4 is 11.4 Å². The minimum Gasteiger partial charge on any atom is -0.508 e. The molecule has 0 unspecified atom stereocenters. The molecular formula is C16H20N2O2. The van der Waals surface area contributed by atoms with Crippen molar-refractivity contribution < 1.29 is 10.2 Å². The van der Waals surface area contributed by atoms with Crippen molar-refractivity contribution in [2.24, 2.45) is 0 Å². The molecule has 0 radical (unpaired) electrons. The monoisotopic (exact) mass is 272 g/mol. The Morgan fingerprint density at radius 2 is 1.85 bits per heavy atom. The summed E-state index contributed by atoms with van der Waals surface area (Å²) in [6, 6.07) is 15.3. The van der Waals surface area contributed by atoms with E-state index in [-0.39, 0.29) is 12.4 Å². The lowest BCUT2D eigenvalue weighted by Crippen LogP contribution is -2.20. The van der Waals surface area contributed by atoms with Crippen LogP contribution in [0.4, 0.5) is 11.4 Å². The summed E-state index contributed by atoms with van der Waals surface area (Å²) in [5, 5.41) is 21.6. The molecule has 0 spiro atoms. The summed E-state index contributed by atoms with van der Waals surface area (Å²) >= 11 is 0. The molecule has 0 aromatic heterocycles. The third-order valence-electron chi connectivity index (χ3n) is 3.15. The molecule has 2 rings (SSSR count). The van der Waals surface area contributed by atoms with Gasteiger partial charge in [-0.05, 0) is 42.0 Å². The maximum atomic E-state index is 9.40. The predicted octanol–water partition coefficient (Wildman–Crippen LogP) is 2.43. The van der Waals surface area contributed by atoms with Crippen molar-refractivity contribution in [1.29, 1.82) is 0 Å². The number of aliphatic hydroxyl groups excluding tert-OH is 1. The second kappa shape index (κ2) is 6.82. The lowest BCUT2D eigenvalue weighted by atomic mass is 10.2. The second-order valence-electron chi connectivity index (χ2n) is 4.72. The van der Waals surface area contributed by atoms with Crippen LogP contribution in [0.5, 0.6) is 5.75 Å². The Balaban J connectivity index is 1.94. The Morgan fingerprint density at radius 3 is 2.50 bits per heavy atom. The lowest BCUT2D eigenvalue weighted by molar-refractivity contribution is 0.304. The summed E-state index contributed by atoms with van der Waals surface area (Å²) in [5.41, 5.74) is 3.13. The van der Waals surface area contributed by atoms with Crippen molar-refractivity contribution in [3.63, 3.8) is 0 Å². The Labute approximate surface area is 119 Å². The highest BCUT2D eigenvalue weighted by atomic mass is 16.3. The Morgan fingerprint density at radius 1 is 1.10 bits per heavy atom. The first kappa shape index (κ1) is 14.2. The van der Waals surface area contributed by atoms with Gasteiger partial charge < -0.3 is 20.4 Å². The Bertz CT molecular complexity index is 540. The van der Waals surface area contributed by atoms with Gasteiger partial charge in [-0.3, -0.25) is 0 Å². The van der Waals surface area contributed by atoms with Gasteiger partial charge in [-0.25, -0.2) is 0 Å². The lowest BCUT2D eigenvalue weighted by Gasteiger charge is -2.18. The maximum absolute atomic E-state index is 9.40. The molecule has 0 aliphatic heterocycles. The highest BCUT2D eigenvalue weighted by Gasteiger charge is 2.00. The smallest absolute Gasteiger partial charge is 0.115 e. The summed E-state index contributed by atoms with van der Waals surface area (Å²) in [6.45, 7) is 1.43. The fraction of sp³-hybridized carbons (Fsp3) is 0.250. The van der Waals surface area contributed by atoms with E-state index in [9.17, 15) is 5.11 Å². The van der Waals surface area contributed by atoms with Gasteiger partial charge in [-0.15, -0.1) is 0 Å².